The predicted molar refractivity (Wildman–Crippen MR) is 116 cm³/mol. The zero-order chi connectivity index (χ0) is 20.9. The van der Waals surface area contributed by atoms with E-state index in [4.69, 9.17) is 15.2 Å². The molecule has 0 bridgehead atoms. The highest BCUT2D eigenvalue weighted by atomic mass is 35.5. The monoisotopic (exact) mass is 426 g/mol. The number of aryl methyl sites for hydroxylation is 1. The summed E-state index contributed by atoms with van der Waals surface area (Å²) in [5, 5.41) is 3.45. The molecule has 0 spiro atoms. The van der Waals surface area contributed by atoms with Crippen molar-refractivity contribution < 1.29 is 14.3 Å². The largest absolute Gasteiger partial charge is 0.493 e. The van der Waals surface area contributed by atoms with Gasteiger partial charge in [-0.15, -0.1) is 12.4 Å². The van der Waals surface area contributed by atoms with E-state index in [1.165, 1.54) is 25.1 Å². The molecule has 0 radical (unpaired) electrons. The summed E-state index contributed by atoms with van der Waals surface area (Å²) in [6, 6.07) is 3.30. The van der Waals surface area contributed by atoms with Crippen molar-refractivity contribution in [2.45, 2.75) is 45.7 Å². The van der Waals surface area contributed by atoms with Crippen LogP contribution < -0.4 is 26.1 Å². The molecule has 29 heavy (non-hydrogen) atoms. The number of benzene rings is 1. The summed E-state index contributed by atoms with van der Waals surface area (Å²) in [6.07, 6.45) is 2.32. The molecule has 0 aliphatic heterocycles. The summed E-state index contributed by atoms with van der Waals surface area (Å²) >= 11 is 0. The summed E-state index contributed by atoms with van der Waals surface area (Å²) < 4.78 is 12.0. The Kier molecular flexibility index (Phi) is 8.91. The van der Waals surface area contributed by atoms with Crippen molar-refractivity contribution in [2.75, 3.05) is 20.8 Å². The second kappa shape index (κ2) is 10.5. The molecule has 3 N–H and O–H groups in total. The Hall–Kier alpha value is -2.32. The summed E-state index contributed by atoms with van der Waals surface area (Å²) in [6.45, 7) is 6.75. The van der Waals surface area contributed by atoms with Crippen LogP contribution in [0, 0.1) is 5.92 Å². The van der Waals surface area contributed by atoms with E-state index in [2.05, 4.69) is 10.3 Å². The van der Waals surface area contributed by atoms with Crippen LogP contribution in [0.1, 0.15) is 33.6 Å². The molecule has 2 rings (SSSR count). The third kappa shape index (κ3) is 5.61. The topological polar surface area (TPSA) is 108 Å². The van der Waals surface area contributed by atoms with E-state index in [1.807, 2.05) is 20.8 Å². The molecule has 1 atom stereocenters. The van der Waals surface area contributed by atoms with Crippen LogP contribution in [0.4, 0.5) is 0 Å². The number of aromatic nitrogens is 2. The number of nitrogens with two attached hydrogens (primary N) is 1. The molecule has 9 heteroatoms. The zero-order valence-corrected chi connectivity index (χ0v) is 18.5. The first-order valence-electron chi connectivity index (χ1n) is 9.38. The van der Waals surface area contributed by atoms with E-state index in [1.54, 1.807) is 12.1 Å². The molecular formula is C20H31ClN4O4. The fourth-order valence-corrected chi connectivity index (χ4v) is 2.87. The molecule has 0 aliphatic carbocycles. The van der Waals surface area contributed by atoms with Crippen LogP contribution in [0.3, 0.4) is 0 Å². The molecule has 8 nitrogen and oxygen atoms in total. The van der Waals surface area contributed by atoms with E-state index >= 15 is 0 Å². The van der Waals surface area contributed by atoms with Gasteiger partial charge in [0.15, 0.2) is 11.5 Å². The lowest BCUT2D eigenvalue weighted by molar-refractivity contribution is -0.123. The predicted octanol–water partition coefficient (Wildman–Crippen LogP) is 2.11. The molecule has 2 aromatic rings. The van der Waals surface area contributed by atoms with Crippen molar-refractivity contribution in [2.24, 2.45) is 11.7 Å². The van der Waals surface area contributed by atoms with Crippen molar-refractivity contribution in [1.29, 1.82) is 0 Å². The van der Waals surface area contributed by atoms with Crippen LogP contribution in [0.2, 0.25) is 0 Å². The Morgan fingerprint density at radius 1 is 1.28 bits per heavy atom. The lowest BCUT2D eigenvalue weighted by atomic mass is 9.88. The van der Waals surface area contributed by atoms with Crippen molar-refractivity contribution in [3.8, 4) is 11.5 Å². The lowest BCUT2D eigenvalue weighted by Crippen LogP contribution is -2.55. The maximum atomic E-state index is 12.7. The standard InChI is InChI=1S/C20H30N4O4.ClH/c1-13(2)20(3,11-21)23-18(25)7-6-8-24-12-22-15-10-17(28-5)16(27-4)9-14(15)19(24)26;/h9-10,12-13H,6-8,11,21H2,1-5H3,(H,23,25);1H. The number of methoxy groups -OCH3 is 2. The number of amides is 1. The second-order valence-corrected chi connectivity index (χ2v) is 7.40. The van der Waals surface area contributed by atoms with Gasteiger partial charge in [0.05, 0.1) is 37.0 Å². The minimum absolute atomic E-state index is 0. The van der Waals surface area contributed by atoms with E-state index in [0.717, 1.165) is 0 Å². The third-order valence-electron chi connectivity index (χ3n) is 5.26. The fourth-order valence-electron chi connectivity index (χ4n) is 2.87. The summed E-state index contributed by atoms with van der Waals surface area (Å²) in [5.74, 6) is 1.14. The SMILES string of the molecule is COc1cc2ncn(CCCC(=O)NC(C)(CN)C(C)C)c(=O)c2cc1OC.Cl. The molecule has 1 aromatic carbocycles. The van der Waals surface area contributed by atoms with Gasteiger partial charge in [-0.25, -0.2) is 4.98 Å². The summed E-state index contributed by atoms with van der Waals surface area (Å²) in [5.41, 5.74) is 5.72. The smallest absolute Gasteiger partial charge is 0.261 e. The summed E-state index contributed by atoms with van der Waals surface area (Å²) in [4.78, 5) is 29.3. The Labute approximate surface area is 177 Å². The quantitative estimate of drug-likeness (QED) is 0.635. The number of nitrogens with zero attached hydrogens (tertiary/aromatic N) is 2. The van der Waals surface area contributed by atoms with Crippen LogP contribution in [0.5, 0.6) is 11.5 Å². The van der Waals surface area contributed by atoms with Gasteiger partial charge in [0.2, 0.25) is 5.91 Å². The average Bonchev–Trinajstić information content (AvgIpc) is 2.68. The minimum Gasteiger partial charge on any atom is -0.493 e. The number of rotatable bonds is 9. The van der Waals surface area contributed by atoms with Crippen LogP contribution in [-0.4, -0.2) is 41.8 Å². The van der Waals surface area contributed by atoms with Gasteiger partial charge in [-0.1, -0.05) is 13.8 Å². The van der Waals surface area contributed by atoms with Gasteiger partial charge in [-0.05, 0) is 25.3 Å². The Morgan fingerprint density at radius 2 is 1.90 bits per heavy atom. The number of carbonyl (C=O) groups is 1. The number of ether oxygens (including phenoxy) is 2. The van der Waals surface area contributed by atoms with E-state index in [9.17, 15) is 9.59 Å². The number of hydrogen-bond donors (Lipinski definition) is 2. The van der Waals surface area contributed by atoms with E-state index in [0.29, 0.717) is 48.3 Å². The molecule has 0 fully saturated rings. The molecule has 0 saturated heterocycles. The highest BCUT2D eigenvalue weighted by Gasteiger charge is 2.28. The average molecular weight is 427 g/mol. The van der Waals surface area contributed by atoms with Gasteiger partial charge in [-0.2, -0.15) is 0 Å². The van der Waals surface area contributed by atoms with Crippen LogP contribution >= 0.6 is 12.4 Å². The highest BCUT2D eigenvalue weighted by molar-refractivity contribution is 5.85. The first-order chi connectivity index (χ1) is 13.3. The van der Waals surface area contributed by atoms with Crippen LogP contribution in [-0.2, 0) is 11.3 Å². The molecule has 1 aromatic heterocycles. The van der Waals surface area contributed by atoms with Gasteiger partial charge in [0.25, 0.3) is 5.56 Å². The fraction of sp³-hybridized carbons (Fsp3) is 0.550. The second-order valence-electron chi connectivity index (χ2n) is 7.40. The number of hydrogen-bond acceptors (Lipinski definition) is 6. The van der Waals surface area contributed by atoms with Crippen molar-refractivity contribution >= 4 is 29.2 Å². The van der Waals surface area contributed by atoms with E-state index in [-0.39, 0.29) is 29.8 Å². The van der Waals surface area contributed by atoms with Crippen molar-refractivity contribution in [1.82, 2.24) is 14.9 Å². The maximum absolute atomic E-state index is 12.7. The molecular weight excluding hydrogens is 396 g/mol. The molecule has 1 amide bonds. The highest BCUT2D eigenvalue weighted by Crippen LogP contribution is 2.29. The van der Waals surface area contributed by atoms with Gasteiger partial charge in [0.1, 0.15) is 0 Å². The number of nitrogens with one attached hydrogen (secondary N) is 1. The third-order valence-corrected chi connectivity index (χ3v) is 5.26. The number of halogens is 1. The van der Waals surface area contributed by atoms with Gasteiger partial charge >= 0.3 is 0 Å². The molecule has 1 unspecified atom stereocenters. The van der Waals surface area contributed by atoms with Crippen LogP contribution in [0.15, 0.2) is 23.3 Å². The zero-order valence-electron chi connectivity index (χ0n) is 17.7. The molecule has 0 saturated carbocycles. The minimum atomic E-state index is -0.436. The normalized spacial score (nSPS) is 12.9. The molecule has 0 aliphatic rings. The Bertz CT molecular complexity index is 900. The first-order valence-corrected chi connectivity index (χ1v) is 9.38. The first kappa shape index (κ1) is 24.7. The maximum Gasteiger partial charge on any atom is 0.261 e. The lowest BCUT2D eigenvalue weighted by Gasteiger charge is -2.33. The van der Waals surface area contributed by atoms with Gasteiger partial charge in [0, 0.05) is 25.6 Å². The van der Waals surface area contributed by atoms with E-state index < -0.39 is 5.54 Å². The van der Waals surface area contributed by atoms with Crippen LogP contribution in [0.25, 0.3) is 10.9 Å². The number of carbonyl (C=O) groups excluding carboxylic acids is 1. The molecule has 1 heterocycles. The number of fused-ring (bicyclic) bond motifs is 1. The van der Waals surface area contributed by atoms with Crippen molar-refractivity contribution in [3.63, 3.8) is 0 Å². The van der Waals surface area contributed by atoms with Crippen molar-refractivity contribution in [3.05, 3.63) is 28.8 Å². The van der Waals surface area contributed by atoms with Gasteiger partial charge in [-0.3, -0.25) is 14.2 Å². The Morgan fingerprint density at radius 3 is 2.45 bits per heavy atom. The molecule has 162 valence electrons. The summed E-state index contributed by atoms with van der Waals surface area (Å²) in [7, 11) is 3.05. The van der Waals surface area contributed by atoms with Gasteiger partial charge < -0.3 is 20.5 Å². The Balaban J connectivity index is 0.00000420.